The van der Waals surface area contributed by atoms with Crippen molar-refractivity contribution in [3.8, 4) is 5.69 Å². The van der Waals surface area contributed by atoms with Crippen LogP contribution in [0.15, 0.2) is 42.6 Å². The van der Waals surface area contributed by atoms with Crippen molar-refractivity contribution in [3.05, 3.63) is 59.7 Å². The Morgan fingerprint density at radius 3 is 2.42 bits per heavy atom. The van der Waals surface area contributed by atoms with E-state index in [1.807, 2.05) is 39.2 Å². The maximum Gasteiger partial charge on any atom is 0.294 e. The smallest absolute Gasteiger partial charge is 0.294 e. The number of halogens is 1. The van der Waals surface area contributed by atoms with Crippen LogP contribution in [-0.2, 0) is 16.0 Å². The van der Waals surface area contributed by atoms with Crippen molar-refractivity contribution in [3.63, 3.8) is 0 Å². The van der Waals surface area contributed by atoms with E-state index in [2.05, 4.69) is 40.7 Å². The highest BCUT2D eigenvalue weighted by molar-refractivity contribution is 6.59. The fourth-order valence-electron chi connectivity index (χ4n) is 4.40. The van der Waals surface area contributed by atoms with Crippen molar-refractivity contribution >= 4 is 67.0 Å². The standard InChI is InChI=1S/C22H27B5FN3O2/c1-11(2)19-16(9-21(23,24)20(32)33-22(25,26)27)15-8-17-12(10-29-30-17)7-18(15)31(19)14-5-3-13(28)4-6-14/h3-8,10-11H,9,23-27H2,1-2H3,(H,29,30). The lowest BCUT2D eigenvalue weighted by molar-refractivity contribution is -0.145. The predicted molar refractivity (Wildman–Crippen MR) is 145 cm³/mol. The van der Waals surface area contributed by atoms with Crippen molar-refractivity contribution in [1.29, 1.82) is 0 Å². The van der Waals surface area contributed by atoms with Gasteiger partial charge in [-0.1, -0.05) is 13.8 Å². The molecule has 33 heavy (non-hydrogen) atoms. The van der Waals surface area contributed by atoms with E-state index in [9.17, 15) is 9.18 Å². The van der Waals surface area contributed by atoms with Gasteiger partial charge in [0.2, 0.25) is 0 Å². The molecule has 0 spiro atoms. The molecule has 0 radical (unpaired) electrons. The number of rotatable bonds is 6. The predicted octanol–water partition coefficient (Wildman–Crippen LogP) is -0.252. The highest BCUT2D eigenvalue weighted by Crippen LogP contribution is 2.40. The van der Waals surface area contributed by atoms with Gasteiger partial charge in [-0.2, -0.15) is 5.10 Å². The van der Waals surface area contributed by atoms with Crippen LogP contribution in [0.25, 0.3) is 27.5 Å². The molecule has 164 valence electrons. The number of H-pyrrole nitrogens is 1. The Balaban J connectivity index is 1.97. The first-order valence-corrected chi connectivity index (χ1v) is 11.4. The third-order valence-electron chi connectivity index (χ3n) is 5.87. The highest BCUT2D eigenvalue weighted by atomic mass is 19.1. The second-order valence-corrected chi connectivity index (χ2v) is 10.7. The monoisotopic (exact) mass is 439 g/mol. The molecule has 0 aliphatic heterocycles. The first-order valence-electron chi connectivity index (χ1n) is 11.4. The minimum Gasteiger partial charge on any atom is -0.487 e. The van der Waals surface area contributed by atoms with E-state index in [1.165, 1.54) is 12.1 Å². The van der Waals surface area contributed by atoms with E-state index in [1.54, 1.807) is 18.3 Å². The topological polar surface area (TPSA) is 59.9 Å². The third kappa shape index (κ3) is 4.50. The number of benzene rings is 2. The van der Waals surface area contributed by atoms with Gasteiger partial charge >= 0.3 is 0 Å². The zero-order valence-electron chi connectivity index (χ0n) is 20.4. The maximum atomic E-state index is 13.7. The number of esters is 1. The highest BCUT2D eigenvalue weighted by Gasteiger charge is 2.35. The summed E-state index contributed by atoms with van der Waals surface area (Å²) >= 11 is 0. The molecule has 0 unspecified atom stereocenters. The quantitative estimate of drug-likeness (QED) is 0.334. The summed E-state index contributed by atoms with van der Waals surface area (Å²) in [4.78, 5) is 13.1. The van der Waals surface area contributed by atoms with E-state index < -0.39 is 10.5 Å². The Labute approximate surface area is 197 Å². The molecule has 11 heteroatoms. The van der Waals surface area contributed by atoms with Crippen molar-refractivity contribution < 1.29 is 13.9 Å². The van der Waals surface area contributed by atoms with Crippen LogP contribution < -0.4 is 0 Å². The van der Waals surface area contributed by atoms with Gasteiger partial charge in [-0.3, -0.25) is 9.89 Å². The van der Waals surface area contributed by atoms with Crippen LogP contribution in [0.1, 0.15) is 31.0 Å². The van der Waals surface area contributed by atoms with Crippen LogP contribution in [-0.4, -0.2) is 65.3 Å². The molecular formula is C22H27B5FN3O2. The minimum absolute atomic E-state index is 0.170. The Morgan fingerprint density at radius 1 is 1.15 bits per heavy atom. The Morgan fingerprint density at radius 2 is 1.82 bits per heavy atom. The van der Waals surface area contributed by atoms with Crippen molar-refractivity contribution in [2.45, 2.75) is 36.7 Å². The van der Waals surface area contributed by atoms with Gasteiger partial charge < -0.3 is 9.30 Å². The van der Waals surface area contributed by atoms with Crippen LogP contribution in [0.5, 0.6) is 0 Å². The number of nitrogens with one attached hydrogen (secondary N) is 1. The van der Waals surface area contributed by atoms with Crippen molar-refractivity contribution in [2.24, 2.45) is 0 Å². The van der Waals surface area contributed by atoms with E-state index in [0.29, 0.717) is 6.42 Å². The summed E-state index contributed by atoms with van der Waals surface area (Å²) in [5, 5.41) is 8.01. The maximum absolute atomic E-state index is 13.7. The molecule has 0 saturated heterocycles. The van der Waals surface area contributed by atoms with Crippen molar-refractivity contribution in [2.75, 3.05) is 0 Å². The van der Waals surface area contributed by atoms with Gasteiger partial charge in [0, 0.05) is 32.7 Å². The van der Waals surface area contributed by atoms with Gasteiger partial charge in [-0.05, 0) is 54.3 Å². The summed E-state index contributed by atoms with van der Waals surface area (Å²) in [6, 6.07) is 10.8. The van der Waals surface area contributed by atoms with Gasteiger partial charge in [0.1, 0.15) is 45.0 Å². The summed E-state index contributed by atoms with van der Waals surface area (Å²) in [5.41, 5.74) is 5.03. The number of fused-ring (bicyclic) bond motifs is 2. The average molecular weight is 439 g/mol. The zero-order valence-corrected chi connectivity index (χ0v) is 20.4. The molecule has 2 aromatic carbocycles. The summed E-state index contributed by atoms with van der Waals surface area (Å²) in [5.74, 6) is -0.330. The number of aromatic amines is 1. The number of carbonyl (C=O) groups excluding carboxylic acids is 1. The molecule has 0 aliphatic rings. The van der Waals surface area contributed by atoms with Crippen LogP contribution >= 0.6 is 0 Å². The van der Waals surface area contributed by atoms with Crippen LogP contribution in [0.2, 0.25) is 5.21 Å². The molecule has 4 aromatic rings. The van der Waals surface area contributed by atoms with Gasteiger partial charge in [0.25, 0.3) is 5.97 Å². The normalized spacial score (nSPS) is 12.6. The van der Waals surface area contributed by atoms with Gasteiger partial charge in [-0.25, -0.2) is 4.39 Å². The fraction of sp³-hybridized carbons (Fsp3) is 0.273. The summed E-state index contributed by atoms with van der Waals surface area (Å²) in [7, 11) is 9.52. The van der Waals surface area contributed by atoms with E-state index >= 15 is 0 Å². The minimum atomic E-state index is -0.734. The second kappa shape index (κ2) is 8.19. The van der Waals surface area contributed by atoms with Crippen molar-refractivity contribution in [1.82, 2.24) is 14.8 Å². The second-order valence-electron chi connectivity index (χ2n) is 10.7. The molecule has 0 atom stereocenters. The Hall–Kier alpha value is -2.83. The molecule has 0 bridgehead atoms. The van der Waals surface area contributed by atoms with Gasteiger partial charge in [0.05, 0.1) is 17.2 Å². The number of nitrogens with zero attached hydrogens (tertiary/aromatic N) is 2. The Kier molecular flexibility index (Phi) is 5.79. The first-order chi connectivity index (χ1) is 15.4. The fourth-order valence-corrected chi connectivity index (χ4v) is 4.40. The zero-order chi connectivity index (χ0) is 24.1. The summed E-state index contributed by atoms with van der Waals surface area (Å²) in [6.07, 6.45) is 2.32. The van der Waals surface area contributed by atoms with Gasteiger partial charge in [0.15, 0.2) is 0 Å². The van der Waals surface area contributed by atoms with E-state index in [-0.39, 0.29) is 17.7 Å². The number of hydrogen-bond donors (Lipinski definition) is 1. The molecular weight excluding hydrogens is 411 g/mol. The number of carbonyl (C=O) groups is 1. The van der Waals surface area contributed by atoms with Gasteiger partial charge in [-0.15, -0.1) is 0 Å². The van der Waals surface area contributed by atoms with E-state index in [4.69, 9.17) is 4.74 Å². The molecule has 2 aromatic heterocycles. The third-order valence-corrected chi connectivity index (χ3v) is 5.87. The molecule has 2 heterocycles. The summed E-state index contributed by atoms with van der Waals surface area (Å²) < 4.78 is 21.7. The van der Waals surface area contributed by atoms with Crippen LogP contribution in [0.3, 0.4) is 0 Å². The number of aromatic nitrogens is 3. The molecule has 0 fully saturated rings. The lowest BCUT2D eigenvalue weighted by Crippen LogP contribution is -2.41. The largest absolute Gasteiger partial charge is 0.487 e. The number of hydrogen-bond acceptors (Lipinski definition) is 3. The lowest BCUT2D eigenvalue weighted by atomic mass is 9.49. The van der Waals surface area contributed by atoms with Crippen LogP contribution in [0.4, 0.5) is 4.39 Å². The molecule has 1 N–H and O–H groups in total. The first kappa shape index (κ1) is 23.3. The molecule has 0 saturated carbocycles. The van der Waals surface area contributed by atoms with E-state index in [0.717, 1.165) is 38.8 Å². The Bertz CT molecular complexity index is 1340. The molecule has 0 aliphatic carbocycles. The molecule has 5 nitrogen and oxygen atoms in total. The SMILES string of the molecule is BC(B)(B)OC(=O)C(B)(B)Cc1c(C(C)C)n(-c2ccc(F)cc2)c2cc3cn[nH]c3cc12. The lowest BCUT2D eigenvalue weighted by Gasteiger charge is -2.30. The van der Waals surface area contributed by atoms with Crippen LogP contribution in [0, 0.1) is 5.82 Å². The molecule has 0 amide bonds. The average Bonchev–Trinajstić information content (AvgIpc) is 3.27. The molecule has 4 rings (SSSR count). The summed E-state index contributed by atoms with van der Waals surface area (Å²) in [6.45, 7) is 4.29. The number of ether oxygens (including phenoxy) is 1.